The highest BCUT2D eigenvalue weighted by atomic mass is 35.5. The molecule has 1 N–H and O–H groups in total. The Kier molecular flexibility index (Phi) is 4.56. The predicted molar refractivity (Wildman–Crippen MR) is 77.1 cm³/mol. The Hall–Kier alpha value is -2.06. The third kappa shape index (κ3) is 3.75. The number of halogens is 1. The van der Waals surface area contributed by atoms with Gasteiger partial charge in [-0.2, -0.15) is 0 Å². The van der Waals surface area contributed by atoms with E-state index < -0.39 is 0 Å². The molecule has 0 bridgehead atoms. The molecule has 1 aromatic heterocycles. The molecule has 0 fully saturated rings. The van der Waals surface area contributed by atoms with Gasteiger partial charge in [0.05, 0.1) is 5.52 Å². The second-order valence-corrected chi connectivity index (χ2v) is 4.01. The standard InChI is InChI=1S/C9H7N.C6H6ClN/c1-2-6-9-8(4-1)5-3-7-10-9;7-6-4-2-1-3-5-8-6/h1-7H;1-5,8H. The van der Waals surface area contributed by atoms with E-state index in [0.29, 0.717) is 5.16 Å². The zero-order valence-corrected chi connectivity index (χ0v) is 10.5. The lowest BCUT2D eigenvalue weighted by molar-refractivity contribution is 1.17. The number of rotatable bonds is 0. The summed E-state index contributed by atoms with van der Waals surface area (Å²) in [4.78, 5) is 4.18. The molecule has 2 aromatic rings. The van der Waals surface area contributed by atoms with Gasteiger partial charge < -0.3 is 5.32 Å². The van der Waals surface area contributed by atoms with Crippen molar-refractivity contribution in [3.05, 3.63) is 78.3 Å². The van der Waals surface area contributed by atoms with E-state index in [-0.39, 0.29) is 0 Å². The Balaban J connectivity index is 0.000000138. The molecule has 0 amide bonds. The van der Waals surface area contributed by atoms with Gasteiger partial charge in [-0.25, -0.2) is 0 Å². The van der Waals surface area contributed by atoms with E-state index >= 15 is 0 Å². The fourth-order valence-electron chi connectivity index (χ4n) is 1.45. The maximum absolute atomic E-state index is 5.57. The molecule has 2 heterocycles. The van der Waals surface area contributed by atoms with E-state index in [4.69, 9.17) is 11.6 Å². The molecular weight excluding hydrogens is 244 g/mol. The average molecular weight is 257 g/mol. The molecule has 1 aromatic carbocycles. The zero-order valence-electron chi connectivity index (χ0n) is 9.75. The van der Waals surface area contributed by atoms with Gasteiger partial charge in [-0.15, -0.1) is 0 Å². The summed E-state index contributed by atoms with van der Waals surface area (Å²) in [7, 11) is 0. The van der Waals surface area contributed by atoms with E-state index in [1.165, 1.54) is 5.39 Å². The van der Waals surface area contributed by atoms with Gasteiger partial charge in [0.2, 0.25) is 0 Å². The minimum atomic E-state index is 0.648. The van der Waals surface area contributed by atoms with Crippen molar-refractivity contribution in [3.63, 3.8) is 0 Å². The van der Waals surface area contributed by atoms with Crippen LogP contribution in [0.4, 0.5) is 0 Å². The van der Waals surface area contributed by atoms with Crippen molar-refractivity contribution in [2.24, 2.45) is 0 Å². The lowest BCUT2D eigenvalue weighted by atomic mass is 10.2. The normalized spacial score (nSPS) is 13.1. The number of aromatic nitrogens is 1. The van der Waals surface area contributed by atoms with Gasteiger partial charge in [0, 0.05) is 17.8 Å². The lowest BCUT2D eigenvalue weighted by Crippen LogP contribution is -1.95. The highest BCUT2D eigenvalue weighted by Gasteiger charge is 1.86. The largest absolute Gasteiger partial charge is 0.352 e. The summed E-state index contributed by atoms with van der Waals surface area (Å²) < 4.78 is 0. The van der Waals surface area contributed by atoms with Gasteiger partial charge in [0.1, 0.15) is 5.16 Å². The van der Waals surface area contributed by atoms with E-state index in [2.05, 4.69) is 22.4 Å². The van der Waals surface area contributed by atoms with Crippen molar-refractivity contribution in [2.45, 2.75) is 0 Å². The molecule has 3 rings (SSSR count). The molecule has 90 valence electrons. The van der Waals surface area contributed by atoms with Gasteiger partial charge in [0.25, 0.3) is 0 Å². The number of hydrogen-bond donors (Lipinski definition) is 1. The quantitative estimate of drug-likeness (QED) is 0.722. The van der Waals surface area contributed by atoms with Gasteiger partial charge in [-0.1, -0.05) is 48.0 Å². The van der Waals surface area contributed by atoms with Gasteiger partial charge in [-0.05, 0) is 24.3 Å². The lowest BCUT2D eigenvalue weighted by Gasteiger charge is -1.91. The zero-order chi connectivity index (χ0) is 12.6. The number of allylic oxidation sites excluding steroid dienone is 4. The van der Waals surface area contributed by atoms with Crippen LogP contribution < -0.4 is 5.32 Å². The number of nitrogens with one attached hydrogen (secondary N) is 1. The number of nitrogens with zero attached hydrogens (tertiary/aromatic N) is 1. The van der Waals surface area contributed by atoms with Crippen LogP contribution >= 0.6 is 11.6 Å². The monoisotopic (exact) mass is 256 g/mol. The molecule has 3 heteroatoms. The van der Waals surface area contributed by atoms with E-state index in [1.54, 1.807) is 12.3 Å². The number of hydrogen-bond acceptors (Lipinski definition) is 2. The summed E-state index contributed by atoms with van der Waals surface area (Å²) in [6, 6.07) is 12.1. The molecular formula is C15H13ClN2. The Morgan fingerprint density at radius 1 is 0.944 bits per heavy atom. The number of pyridine rings is 1. The van der Waals surface area contributed by atoms with Crippen LogP contribution in [0.25, 0.3) is 10.9 Å². The number of para-hydroxylation sites is 1. The summed E-state index contributed by atoms with van der Waals surface area (Å²) in [6.07, 6.45) is 11.0. The summed E-state index contributed by atoms with van der Waals surface area (Å²) in [5, 5.41) is 4.68. The van der Waals surface area contributed by atoms with Crippen LogP contribution in [0.5, 0.6) is 0 Å². The Morgan fingerprint density at radius 2 is 1.78 bits per heavy atom. The summed E-state index contributed by atoms with van der Waals surface area (Å²) in [5.41, 5.74) is 1.06. The smallest absolute Gasteiger partial charge is 0.106 e. The molecule has 0 unspecified atom stereocenters. The Labute approximate surface area is 111 Å². The third-order valence-corrected chi connectivity index (χ3v) is 2.53. The first-order valence-corrected chi connectivity index (χ1v) is 5.99. The molecule has 0 spiro atoms. The second-order valence-electron chi connectivity index (χ2n) is 3.60. The van der Waals surface area contributed by atoms with Crippen molar-refractivity contribution in [1.29, 1.82) is 0 Å². The van der Waals surface area contributed by atoms with Crippen LogP contribution in [0.3, 0.4) is 0 Å². The van der Waals surface area contributed by atoms with Crippen molar-refractivity contribution >= 4 is 22.5 Å². The first kappa shape index (κ1) is 12.4. The molecule has 0 saturated carbocycles. The van der Waals surface area contributed by atoms with E-state index in [1.807, 2.05) is 48.7 Å². The molecule has 0 atom stereocenters. The molecule has 1 aliphatic heterocycles. The highest BCUT2D eigenvalue weighted by molar-refractivity contribution is 6.29. The van der Waals surface area contributed by atoms with Crippen LogP contribution in [0.2, 0.25) is 0 Å². The van der Waals surface area contributed by atoms with Crippen molar-refractivity contribution in [3.8, 4) is 0 Å². The van der Waals surface area contributed by atoms with Crippen molar-refractivity contribution < 1.29 is 0 Å². The van der Waals surface area contributed by atoms with Gasteiger partial charge >= 0.3 is 0 Å². The fraction of sp³-hybridized carbons (Fsp3) is 0. The predicted octanol–water partition coefficient (Wildman–Crippen LogP) is 3.97. The van der Waals surface area contributed by atoms with Crippen LogP contribution in [0, 0.1) is 0 Å². The fourth-order valence-corrected chi connectivity index (χ4v) is 1.59. The summed E-state index contributed by atoms with van der Waals surface area (Å²) in [6.45, 7) is 0. The van der Waals surface area contributed by atoms with Gasteiger partial charge in [0.15, 0.2) is 0 Å². The summed E-state index contributed by atoms with van der Waals surface area (Å²) in [5.74, 6) is 0. The second kappa shape index (κ2) is 6.62. The molecule has 2 nitrogen and oxygen atoms in total. The highest BCUT2D eigenvalue weighted by Crippen LogP contribution is 2.07. The topological polar surface area (TPSA) is 24.9 Å². The number of fused-ring (bicyclic) bond motifs is 1. The molecule has 0 radical (unpaired) electrons. The summed E-state index contributed by atoms with van der Waals surface area (Å²) >= 11 is 5.57. The van der Waals surface area contributed by atoms with Crippen molar-refractivity contribution in [2.75, 3.05) is 0 Å². The van der Waals surface area contributed by atoms with Gasteiger partial charge in [-0.3, -0.25) is 4.98 Å². The Morgan fingerprint density at radius 3 is 2.67 bits per heavy atom. The van der Waals surface area contributed by atoms with Crippen LogP contribution in [0.15, 0.2) is 78.3 Å². The van der Waals surface area contributed by atoms with Crippen LogP contribution in [-0.2, 0) is 0 Å². The minimum absolute atomic E-state index is 0.648. The third-order valence-electron chi connectivity index (χ3n) is 2.29. The first-order chi connectivity index (χ1) is 8.86. The maximum atomic E-state index is 5.57. The van der Waals surface area contributed by atoms with Crippen molar-refractivity contribution in [1.82, 2.24) is 10.3 Å². The Bertz CT molecular complexity index is 535. The maximum Gasteiger partial charge on any atom is 0.106 e. The van der Waals surface area contributed by atoms with Crippen LogP contribution in [-0.4, -0.2) is 4.98 Å². The SMILES string of the molecule is ClC1=CC=CC=CN1.c1ccc2ncccc2c1. The molecule has 1 aliphatic rings. The molecule has 0 aliphatic carbocycles. The van der Waals surface area contributed by atoms with E-state index in [9.17, 15) is 0 Å². The minimum Gasteiger partial charge on any atom is -0.352 e. The molecule has 0 saturated heterocycles. The van der Waals surface area contributed by atoms with E-state index in [0.717, 1.165) is 5.52 Å². The first-order valence-electron chi connectivity index (χ1n) is 5.61. The average Bonchev–Trinajstić information content (AvgIpc) is 2.67. The van der Waals surface area contributed by atoms with Crippen LogP contribution in [0.1, 0.15) is 0 Å². The number of benzene rings is 1. The molecule has 18 heavy (non-hydrogen) atoms.